The van der Waals surface area contributed by atoms with Gasteiger partial charge in [0.05, 0.1) is 17.0 Å². The lowest BCUT2D eigenvalue weighted by Gasteiger charge is -2.18. The number of hydrogen-bond donors (Lipinski definition) is 0. The Morgan fingerprint density at radius 1 is 1.40 bits per heavy atom. The molecule has 1 heterocycles. The molecule has 4 nitrogen and oxygen atoms in total. The molecule has 1 aliphatic heterocycles. The zero-order chi connectivity index (χ0) is 14.9. The standard InChI is InChI=1S/C12H14Cl3NO3S/c1-19-8-4-5-16(7-8)20(17,18)11-3-2-10(14)9(6-13)12(11)15/h2-3,8H,4-7H2,1H3. The molecular formula is C12H14Cl3NO3S. The van der Waals surface area contributed by atoms with E-state index < -0.39 is 10.0 Å². The minimum atomic E-state index is -3.66. The molecule has 0 bridgehead atoms. The van der Waals surface area contributed by atoms with Gasteiger partial charge in [-0.15, -0.1) is 11.6 Å². The van der Waals surface area contributed by atoms with Crippen molar-refractivity contribution in [2.75, 3.05) is 20.2 Å². The lowest BCUT2D eigenvalue weighted by atomic mass is 10.2. The van der Waals surface area contributed by atoms with Gasteiger partial charge in [-0.1, -0.05) is 23.2 Å². The first-order valence-corrected chi connectivity index (χ1v) is 8.70. The van der Waals surface area contributed by atoms with Gasteiger partial charge in [0.2, 0.25) is 10.0 Å². The predicted molar refractivity (Wildman–Crippen MR) is 80.2 cm³/mol. The topological polar surface area (TPSA) is 46.6 Å². The van der Waals surface area contributed by atoms with E-state index in [4.69, 9.17) is 39.5 Å². The van der Waals surface area contributed by atoms with Gasteiger partial charge >= 0.3 is 0 Å². The van der Waals surface area contributed by atoms with Gasteiger partial charge in [-0.2, -0.15) is 4.31 Å². The zero-order valence-corrected chi connectivity index (χ0v) is 13.9. The molecule has 1 aromatic carbocycles. The number of nitrogens with zero attached hydrogens (tertiary/aromatic N) is 1. The fourth-order valence-electron chi connectivity index (χ4n) is 2.15. The first-order valence-electron chi connectivity index (χ1n) is 5.97. The summed E-state index contributed by atoms with van der Waals surface area (Å²) >= 11 is 17.9. The largest absolute Gasteiger partial charge is 0.380 e. The number of alkyl halides is 1. The van der Waals surface area contributed by atoms with Crippen LogP contribution in [-0.4, -0.2) is 39.0 Å². The molecule has 0 spiro atoms. The summed E-state index contributed by atoms with van der Waals surface area (Å²) in [5.41, 5.74) is 0.429. The van der Waals surface area contributed by atoms with Gasteiger partial charge in [0, 0.05) is 30.8 Å². The number of methoxy groups -OCH3 is 1. The first-order chi connectivity index (χ1) is 9.41. The van der Waals surface area contributed by atoms with Crippen LogP contribution >= 0.6 is 34.8 Å². The molecule has 0 aromatic heterocycles. The van der Waals surface area contributed by atoms with Gasteiger partial charge in [-0.3, -0.25) is 0 Å². The third kappa shape index (κ3) is 2.93. The van der Waals surface area contributed by atoms with Crippen LogP contribution in [0.2, 0.25) is 10.0 Å². The highest BCUT2D eigenvalue weighted by atomic mass is 35.5. The summed E-state index contributed by atoms with van der Waals surface area (Å²) in [4.78, 5) is 0.0379. The molecule has 0 aliphatic carbocycles. The second kappa shape index (κ2) is 6.38. The maximum absolute atomic E-state index is 12.6. The Labute approximate surface area is 133 Å². The van der Waals surface area contributed by atoms with Gasteiger partial charge in [-0.25, -0.2) is 8.42 Å². The number of ether oxygens (including phenoxy) is 1. The molecule has 0 amide bonds. The maximum Gasteiger partial charge on any atom is 0.244 e. The van der Waals surface area contributed by atoms with E-state index in [0.717, 1.165) is 0 Å². The van der Waals surface area contributed by atoms with Crippen molar-refractivity contribution in [2.45, 2.75) is 23.3 Å². The molecule has 0 saturated carbocycles. The molecule has 1 unspecified atom stereocenters. The fraction of sp³-hybridized carbons (Fsp3) is 0.500. The first kappa shape index (κ1) is 16.3. The molecule has 2 rings (SSSR count). The summed E-state index contributed by atoms with van der Waals surface area (Å²) in [7, 11) is -2.09. The third-order valence-corrected chi connectivity index (χ3v) is 6.42. The summed E-state index contributed by atoms with van der Waals surface area (Å²) in [5.74, 6) is 0.0573. The Hall–Kier alpha value is -0.0400. The SMILES string of the molecule is COC1CCN(S(=O)(=O)c2ccc(Cl)c(CCl)c2Cl)C1. The van der Waals surface area contributed by atoms with Crippen LogP contribution in [-0.2, 0) is 20.6 Å². The molecule has 1 saturated heterocycles. The van der Waals surface area contributed by atoms with Crippen LogP contribution in [0.25, 0.3) is 0 Å². The smallest absolute Gasteiger partial charge is 0.244 e. The minimum Gasteiger partial charge on any atom is -0.380 e. The van der Waals surface area contributed by atoms with Crippen molar-refractivity contribution in [3.8, 4) is 0 Å². The Morgan fingerprint density at radius 3 is 2.65 bits per heavy atom. The minimum absolute atomic E-state index is 0.0379. The Kier molecular flexibility index (Phi) is 5.21. The van der Waals surface area contributed by atoms with Gasteiger partial charge in [0.15, 0.2) is 0 Å². The van der Waals surface area contributed by atoms with E-state index in [9.17, 15) is 8.42 Å². The summed E-state index contributed by atoms with van der Waals surface area (Å²) in [5, 5.41) is 0.452. The van der Waals surface area contributed by atoms with Gasteiger partial charge in [0.25, 0.3) is 0 Å². The molecule has 1 atom stereocenters. The van der Waals surface area contributed by atoms with Crippen LogP contribution in [0.1, 0.15) is 12.0 Å². The van der Waals surface area contributed by atoms with Crippen molar-refractivity contribution in [2.24, 2.45) is 0 Å². The van der Waals surface area contributed by atoms with E-state index in [0.29, 0.717) is 30.1 Å². The number of halogens is 3. The van der Waals surface area contributed by atoms with Gasteiger partial charge in [0.1, 0.15) is 4.90 Å². The van der Waals surface area contributed by atoms with Crippen LogP contribution in [0.15, 0.2) is 17.0 Å². The number of rotatable bonds is 4. The van der Waals surface area contributed by atoms with E-state index in [1.54, 1.807) is 7.11 Å². The lowest BCUT2D eigenvalue weighted by Crippen LogP contribution is -2.30. The average molecular weight is 359 g/mol. The second-order valence-corrected chi connectivity index (χ2v) is 7.44. The summed E-state index contributed by atoms with van der Waals surface area (Å²) in [6.07, 6.45) is 0.590. The molecule has 20 heavy (non-hydrogen) atoms. The van der Waals surface area contributed by atoms with E-state index >= 15 is 0 Å². The van der Waals surface area contributed by atoms with E-state index in [2.05, 4.69) is 0 Å². The lowest BCUT2D eigenvalue weighted by molar-refractivity contribution is 0.115. The highest BCUT2D eigenvalue weighted by Crippen LogP contribution is 2.34. The van der Waals surface area contributed by atoms with Crippen LogP contribution in [0, 0.1) is 0 Å². The van der Waals surface area contributed by atoms with Crippen molar-refractivity contribution in [1.29, 1.82) is 0 Å². The molecular weight excluding hydrogens is 345 g/mol. The monoisotopic (exact) mass is 357 g/mol. The Morgan fingerprint density at radius 2 is 2.10 bits per heavy atom. The quantitative estimate of drug-likeness (QED) is 0.777. The van der Waals surface area contributed by atoms with E-state index in [1.807, 2.05) is 0 Å². The van der Waals surface area contributed by atoms with Gasteiger partial charge < -0.3 is 4.74 Å². The summed E-state index contributed by atoms with van der Waals surface area (Å²) < 4.78 is 31.7. The molecule has 0 radical (unpaired) electrons. The van der Waals surface area contributed by atoms with Crippen LogP contribution in [0.4, 0.5) is 0 Å². The van der Waals surface area contributed by atoms with Crippen LogP contribution in [0.3, 0.4) is 0 Å². The van der Waals surface area contributed by atoms with E-state index in [1.165, 1.54) is 16.4 Å². The molecule has 112 valence electrons. The predicted octanol–water partition coefficient (Wildman–Crippen LogP) is 3.14. The van der Waals surface area contributed by atoms with Crippen molar-refractivity contribution in [3.05, 3.63) is 27.7 Å². The van der Waals surface area contributed by atoms with Crippen molar-refractivity contribution in [1.82, 2.24) is 4.31 Å². The highest BCUT2D eigenvalue weighted by molar-refractivity contribution is 7.89. The zero-order valence-electron chi connectivity index (χ0n) is 10.8. The van der Waals surface area contributed by atoms with Crippen LogP contribution < -0.4 is 0 Å². The number of hydrogen-bond acceptors (Lipinski definition) is 3. The molecule has 8 heteroatoms. The third-order valence-electron chi connectivity index (χ3n) is 3.34. The fourth-order valence-corrected chi connectivity index (χ4v) is 4.93. The van der Waals surface area contributed by atoms with Crippen molar-refractivity contribution in [3.63, 3.8) is 0 Å². The number of sulfonamides is 1. The Balaban J connectivity index is 2.41. The van der Waals surface area contributed by atoms with E-state index in [-0.39, 0.29) is 21.9 Å². The van der Waals surface area contributed by atoms with Crippen molar-refractivity contribution < 1.29 is 13.2 Å². The second-order valence-electron chi connectivity index (χ2n) is 4.48. The van der Waals surface area contributed by atoms with Crippen molar-refractivity contribution >= 4 is 44.8 Å². The average Bonchev–Trinajstić information content (AvgIpc) is 2.88. The van der Waals surface area contributed by atoms with Gasteiger partial charge in [-0.05, 0) is 18.6 Å². The maximum atomic E-state index is 12.6. The normalized spacial score (nSPS) is 20.5. The molecule has 1 fully saturated rings. The molecule has 1 aromatic rings. The summed E-state index contributed by atoms with van der Waals surface area (Å²) in [6, 6.07) is 2.91. The Bertz CT molecular complexity index is 606. The highest BCUT2D eigenvalue weighted by Gasteiger charge is 2.34. The number of benzene rings is 1. The molecule has 1 aliphatic rings. The summed E-state index contributed by atoms with van der Waals surface area (Å²) in [6.45, 7) is 0.740. The molecule has 0 N–H and O–H groups in total. The van der Waals surface area contributed by atoms with Crippen LogP contribution in [0.5, 0.6) is 0 Å².